The van der Waals surface area contributed by atoms with Crippen LogP contribution in [0.15, 0.2) is 29.2 Å². The zero-order valence-corrected chi connectivity index (χ0v) is 14.4. The molecule has 0 radical (unpaired) electrons. The molecule has 1 saturated heterocycles. The molecular formula is C19H27NOS. The summed E-state index contributed by atoms with van der Waals surface area (Å²) in [5.41, 5.74) is 1.29. The van der Waals surface area contributed by atoms with E-state index in [2.05, 4.69) is 36.1 Å². The molecule has 3 heteroatoms. The fraction of sp³-hybridized carbons (Fsp3) is 0.632. The Morgan fingerprint density at radius 2 is 1.86 bits per heavy atom. The zero-order valence-electron chi connectivity index (χ0n) is 13.6. The predicted molar refractivity (Wildman–Crippen MR) is 93.2 cm³/mol. The SMILES string of the molecule is Cc1ccc(SCCC(=O)N2CCCC3CCCCC32)cc1. The van der Waals surface area contributed by atoms with Gasteiger partial charge in [0.25, 0.3) is 0 Å². The molecule has 0 spiro atoms. The number of fused-ring (bicyclic) bond motifs is 1. The molecule has 2 unspecified atom stereocenters. The first kappa shape index (κ1) is 15.9. The standard InChI is InChI=1S/C19H27NOS/c1-15-8-10-17(11-9-15)22-14-12-19(21)20-13-4-6-16-5-2-3-7-18(16)20/h8-11,16,18H,2-7,12-14H2,1H3. The van der Waals surface area contributed by atoms with Crippen LogP contribution in [0.1, 0.15) is 50.5 Å². The van der Waals surface area contributed by atoms with Gasteiger partial charge in [-0.15, -0.1) is 11.8 Å². The van der Waals surface area contributed by atoms with Crippen LogP contribution in [-0.2, 0) is 4.79 Å². The highest BCUT2D eigenvalue weighted by Gasteiger charge is 2.35. The minimum absolute atomic E-state index is 0.385. The van der Waals surface area contributed by atoms with Crippen molar-refractivity contribution in [3.63, 3.8) is 0 Å². The molecule has 1 heterocycles. The van der Waals surface area contributed by atoms with Gasteiger partial charge in [0.1, 0.15) is 0 Å². The molecule has 1 saturated carbocycles. The van der Waals surface area contributed by atoms with E-state index < -0.39 is 0 Å². The van der Waals surface area contributed by atoms with Gasteiger partial charge < -0.3 is 4.90 Å². The van der Waals surface area contributed by atoms with Gasteiger partial charge in [0.15, 0.2) is 0 Å². The van der Waals surface area contributed by atoms with E-state index in [1.165, 1.54) is 49.0 Å². The Morgan fingerprint density at radius 1 is 1.14 bits per heavy atom. The first-order chi connectivity index (χ1) is 10.7. The normalized spacial score (nSPS) is 24.9. The third-order valence-corrected chi connectivity index (χ3v) is 6.18. The Bertz CT molecular complexity index is 497. The summed E-state index contributed by atoms with van der Waals surface area (Å²) >= 11 is 1.80. The van der Waals surface area contributed by atoms with Crippen LogP contribution in [0.3, 0.4) is 0 Å². The quantitative estimate of drug-likeness (QED) is 0.753. The van der Waals surface area contributed by atoms with Crippen LogP contribution >= 0.6 is 11.8 Å². The smallest absolute Gasteiger partial charge is 0.223 e. The lowest BCUT2D eigenvalue weighted by Crippen LogP contribution is -2.49. The van der Waals surface area contributed by atoms with Crippen LogP contribution in [0.2, 0.25) is 0 Å². The van der Waals surface area contributed by atoms with Crippen molar-refractivity contribution in [3.05, 3.63) is 29.8 Å². The van der Waals surface area contributed by atoms with Crippen molar-refractivity contribution in [2.75, 3.05) is 12.3 Å². The molecule has 1 aliphatic heterocycles. The lowest BCUT2D eigenvalue weighted by atomic mass is 9.78. The van der Waals surface area contributed by atoms with Crippen molar-refractivity contribution >= 4 is 17.7 Å². The first-order valence-corrected chi connectivity index (χ1v) is 9.71. The van der Waals surface area contributed by atoms with E-state index in [0.717, 1.165) is 18.2 Å². The van der Waals surface area contributed by atoms with Gasteiger partial charge in [-0.2, -0.15) is 0 Å². The van der Waals surface area contributed by atoms with E-state index >= 15 is 0 Å². The molecule has 120 valence electrons. The van der Waals surface area contributed by atoms with Crippen LogP contribution in [0.4, 0.5) is 0 Å². The maximum absolute atomic E-state index is 12.6. The average molecular weight is 317 g/mol. The van der Waals surface area contributed by atoms with E-state index in [0.29, 0.717) is 18.4 Å². The second kappa shape index (κ2) is 7.54. The van der Waals surface area contributed by atoms with Crippen LogP contribution in [-0.4, -0.2) is 29.1 Å². The Balaban J connectivity index is 1.49. The minimum Gasteiger partial charge on any atom is -0.339 e. The van der Waals surface area contributed by atoms with E-state index in [1.807, 2.05) is 0 Å². The van der Waals surface area contributed by atoms with Crippen molar-refractivity contribution in [1.29, 1.82) is 0 Å². The highest BCUT2D eigenvalue weighted by Crippen LogP contribution is 2.35. The topological polar surface area (TPSA) is 20.3 Å². The lowest BCUT2D eigenvalue weighted by Gasteiger charge is -2.44. The van der Waals surface area contributed by atoms with Gasteiger partial charge >= 0.3 is 0 Å². The van der Waals surface area contributed by atoms with Gasteiger partial charge in [0, 0.05) is 29.7 Å². The summed E-state index contributed by atoms with van der Waals surface area (Å²) in [5, 5.41) is 0. The van der Waals surface area contributed by atoms with E-state index in [4.69, 9.17) is 0 Å². The van der Waals surface area contributed by atoms with Crippen molar-refractivity contribution in [2.45, 2.75) is 62.8 Å². The fourth-order valence-electron chi connectivity index (χ4n) is 3.97. The molecule has 0 aromatic heterocycles. The van der Waals surface area contributed by atoms with Gasteiger partial charge in [-0.1, -0.05) is 30.5 Å². The number of hydrogen-bond donors (Lipinski definition) is 0. The largest absolute Gasteiger partial charge is 0.339 e. The number of carbonyl (C=O) groups is 1. The molecule has 1 aliphatic carbocycles. The lowest BCUT2D eigenvalue weighted by molar-refractivity contribution is -0.137. The summed E-state index contributed by atoms with van der Waals surface area (Å²) in [6.07, 6.45) is 8.48. The molecule has 1 aromatic carbocycles. The Labute approximate surface area is 138 Å². The van der Waals surface area contributed by atoms with Crippen LogP contribution < -0.4 is 0 Å². The average Bonchev–Trinajstić information content (AvgIpc) is 2.56. The van der Waals surface area contributed by atoms with Crippen molar-refractivity contribution in [2.24, 2.45) is 5.92 Å². The van der Waals surface area contributed by atoms with E-state index in [1.54, 1.807) is 11.8 Å². The maximum atomic E-state index is 12.6. The van der Waals surface area contributed by atoms with Crippen molar-refractivity contribution in [1.82, 2.24) is 4.90 Å². The number of piperidine rings is 1. The summed E-state index contributed by atoms with van der Waals surface area (Å²) in [5.74, 6) is 2.07. The number of rotatable bonds is 4. The summed E-state index contributed by atoms with van der Waals surface area (Å²) in [4.78, 5) is 16.1. The number of carbonyl (C=O) groups excluding carboxylic acids is 1. The highest BCUT2D eigenvalue weighted by atomic mass is 32.2. The molecule has 3 rings (SSSR count). The van der Waals surface area contributed by atoms with Crippen molar-refractivity contribution < 1.29 is 4.79 Å². The van der Waals surface area contributed by atoms with Crippen molar-refractivity contribution in [3.8, 4) is 0 Å². The molecule has 2 aliphatic rings. The van der Waals surface area contributed by atoms with E-state index in [-0.39, 0.29) is 0 Å². The monoisotopic (exact) mass is 317 g/mol. The number of thioether (sulfide) groups is 1. The Hall–Kier alpha value is -0.960. The molecule has 1 amide bonds. The Morgan fingerprint density at radius 3 is 2.68 bits per heavy atom. The molecule has 0 N–H and O–H groups in total. The number of benzene rings is 1. The number of amides is 1. The van der Waals surface area contributed by atoms with E-state index in [9.17, 15) is 4.79 Å². The number of likely N-dealkylation sites (tertiary alicyclic amines) is 1. The van der Waals surface area contributed by atoms with Crippen LogP contribution in [0.5, 0.6) is 0 Å². The zero-order chi connectivity index (χ0) is 15.4. The third kappa shape index (κ3) is 3.87. The van der Waals surface area contributed by atoms with Crippen LogP contribution in [0.25, 0.3) is 0 Å². The molecule has 2 fully saturated rings. The van der Waals surface area contributed by atoms with Gasteiger partial charge in [-0.3, -0.25) is 4.79 Å². The third-order valence-electron chi connectivity index (χ3n) is 5.17. The minimum atomic E-state index is 0.385. The number of nitrogens with zero attached hydrogens (tertiary/aromatic N) is 1. The number of hydrogen-bond acceptors (Lipinski definition) is 2. The molecule has 2 atom stereocenters. The second-order valence-electron chi connectivity index (χ2n) is 6.75. The molecule has 0 bridgehead atoms. The highest BCUT2D eigenvalue weighted by molar-refractivity contribution is 7.99. The molecule has 22 heavy (non-hydrogen) atoms. The molecule has 1 aromatic rings. The van der Waals surface area contributed by atoms with Gasteiger partial charge in [-0.05, 0) is 50.7 Å². The van der Waals surface area contributed by atoms with Gasteiger partial charge in [0.2, 0.25) is 5.91 Å². The number of aryl methyl sites for hydroxylation is 1. The Kier molecular flexibility index (Phi) is 5.46. The first-order valence-electron chi connectivity index (χ1n) is 8.73. The molecule has 2 nitrogen and oxygen atoms in total. The van der Waals surface area contributed by atoms with Gasteiger partial charge in [0.05, 0.1) is 0 Å². The summed E-state index contributed by atoms with van der Waals surface area (Å²) in [6.45, 7) is 3.10. The summed E-state index contributed by atoms with van der Waals surface area (Å²) in [7, 11) is 0. The van der Waals surface area contributed by atoms with Gasteiger partial charge in [-0.25, -0.2) is 0 Å². The van der Waals surface area contributed by atoms with Crippen LogP contribution in [0, 0.1) is 12.8 Å². The fourth-order valence-corrected chi connectivity index (χ4v) is 4.81. The summed E-state index contributed by atoms with van der Waals surface area (Å²) in [6, 6.07) is 9.15. The predicted octanol–water partition coefficient (Wildman–Crippen LogP) is 4.66. The second-order valence-corrected chi connectivity index (χ2v) is 7.92. The summed E-state index contributed by atoms with van der Waals surface area (Å²) < 4.78 is 0. The molecular weight excluding hydrogens is 290 g/mol. The maximum Gasteiger partial charge on any atom is 0.223 e.